The fourth-order valence-electron chi connectivity index (χ4n) is 1.16. The molecule has 1 aliphatic rings. The monoisotopic (exact) mass is 143 g/mol. The maximum atomic E-state index is 10.5. The van der Waals surface area contributed by atoms with E-state index in [0.29, 0.717) is 6.54 Å². The van der Waals surface area contributed by atoms with Gasteiger partial charge in [-0.25, -0.2) is 0 Å². The van der Waals surface area contributed by atoms with Gasteiger partial charge in [-0.1, -0.05) is 0 Å². The molecule has 0 saturated heterocycles. The van der Waals surface area contributed by atoms with Crippen LogP contribution in [0, 0.1) is 5.41 Å². The van der Waals surface area contributed by atoms with Crippen LogP contribution in [-0.2, 0) is 4.79 Å². The molecule has 1 aliphatic carbocycles. The predicted octanol–water partition coefficient (Wildman–Crippen LogP) is 0.590. The number of nitrogens with two attached hydrogens (primary N) is 1. The minimum Gasteiger partial charge on any atom is -0.481 e. The molecule has 0 aromatic carbocycles. The van der Waals surface area contributed by atoms with Gasteiger partial charge >= 0.3 is 5.97 Å². The second-order valence-corrected chi connectivity index (χ2v) is 2.98. The van der Waals surface area contributed by atoms with E-state index < -0.39 is 5.97 Å². The SMILES string of the molecule is NCCCC1(C(=O)O)CC1. The van der Waals surface area contributed by atoms with Gasteiger partial charge in [0.25, 0.3) is 0 Å². The fraction of sp³-hybridized carbons (Fsp3) is 0.857. The lowest BCUT2D eigenvalue weighted by Gasteiger charge is -2.06. The van der Waals surface area contributed by atoms with Crippen molar-refractivity contribution in [2.24, 2.45) is 11.1 Å². The molecule has 0 aliphatic heterocycles. The minimum atomic E-state index is -0.638. The van der Waals surface area contributed by atoms with Crippen LogP contribution in [0.3, 0.4) is 0 Å². The van der Waals surface area contributed by atoms with Crippen LogP contribution in [-0.4, -0.2) is 17.6 Å². The fourth-order valence-corrected chi connectivity index (χ4v) is 1.16. The van der Waals surface area contributed by atoms with Crippen molar-refractivity contribution < 1.29 is 9.90 Å². The zero-order chi connectivity index (χ0) is 7.61. The zero-order valence-corrected chi connectivity index (χ0v) is 5.97. The van der Waals surface area contributed by atoms with E-state index in [9.17, 15) is 4.79 Å². The van der Waals surface area contributed by atoms with Gasteiger partial charge in [0.1, 0.15) is 0 Å². The largest absolute Gasteiger partial charge is 0.481 e. The third kappa shape index (κ3) is 1.29. The van der Waals surface area contributed by atoms with Crippen molar-refractivity contribution in [2.75, 3.05) is 6.54 Å². The van der Waals surface area contributed by atoms with Crippen molar-refractivity contribution in [3.63, 3.8) is 0 Å². The highest BCUT2D eigenvalue weighted by molar-refractivity contribution is 5.77. The molecule has 0 unspecified atom stereocenters. The van der Waals surface area contributed by atoms with E-state index >= 15 is 0 Å². The number of carbonyl (C=O) groups is 1. The Morgan fingerprint density at radius 1 is 1.60 bits per heavy atom. The van der Waals surface area contributed by atoms with Gasteiger partial charge in [-0.15, -0.1) is 0 Å². The molecular formula is C7H13NO2. The number of hydrogen-bond donors (Lipinski definition) is 2. The normalized spacial score (nSPS) is 20.5. The number of rotatable bonds is 4. The van der Waals surface area contributed by atoms with E-state index in [0.717, 1.165) is 25.7 Å². The van der Waals surface area contributed by atoms with E-state index in [1.165, 1.54) is 0 Å². The Labute approximate surface area is 60.2 Å². The van der Waals surface area contributed by atoms with Gasteiger partial charge < -0.3 is 10.8 Å². The molecule has 1 rings (SSSR count). The third-order valence-electron chi connectivity index (χ3n) is 2.17. The van der Waals surface area contributed by atoms with Crippen LogP contribution in [0.15, 0.2) is 0 Å². The first-order chi connectivity index (χ1) is 4.71. The lowest BCUT2D eigenvalue weighted by molar-refractivity contribution is -0.143. The summed E-state index contributed by atoms with van der Waals surface area (Å²) in [6.45, 7) is 0.606. The van der Waals surface area contributed by atoms with Crippen molar-refractivity contribution >= 4 is 5.97 Å². The Morgan fingerprint density at radius 2 is 2.20 bits per heavy atom. The standard InChI is InChI=1S/C7H13NO2/c8-5-1-2-7(3-4-7)6(9)10/h1-5,8H2,(H,9,10). The summed E-state index contributed by atoms with van der Waals surface area (Å²) in [6.07, 6.45) is 3.30. The molecule has 0 aromatic rings. The topological polar surface area (TPSA) is 63.3 Å². The first-order valence-corrected chi connectivity index (χ1v) is 3.65. The van der Waals surface area contributed by atoms with Crippen LogP contribution >= 0.6 is 0 Å². The van der Waals surface area contributed by atoms with Crippen LogP contribution < -0.4 is 5.73 Å². The van der Waals surface area contributed by atoms with Crippen molar-refractivity contribution in [1.82, 2.24) is 0 Å². The molecule has 0 bridgehead atoms. The van der Waals surface area contributed by atoms with Crippen molar-refractivity contribution in [3.05, 3.63) is 0 Å². The Balaban J connectivity index is 2.31. The summed E-state index contributed by atoms with van der Waals surface area (Å²) >= 11 is 0. The molecule has 0 heterocycles. The van der Waals surface area contributed by atoms with Gasteiger partial charge in [-0.05, 0) is 32.2 Å². The maximum Gasteiger partial charge on any atom is 0.309 e. The molecular weight excluding hydrogens is 130 g/mol. The van der Waals surface area contributed by atoms with Crippen LogP contribution in [0.1, 0.15) is 25.7 Å². The summed E-state index contributed by atoms with van der Waals surface area (Å²) in [4.78, 5) is 10.5. The quantitative estimate of drug-likeness (QED) is 0.605. The molecule has 0 atom stereocenters. The number of hydrogen-bond acceptors (Lipinski definition) is 2. The first kappa shape index (κ1) is 7.54. The summed E-state index contributed by atoms with van der Waals surface area (Å²) < 4.78 is 0. The number of carboxylic acids is 1. The molecule has 3 nitrogen and oxygen atoms in total. The molecule has 58 valence electrons. The Bertz CT molecular complexity index is 141. The summed E-state index contributed by atoms with van der Waals surface area (Å²) in [5.74, 6) is -0.638. The summed E-state index contributed by atoms with van der Waals surface area (Å²) in [5, 5.41) is 8.69. The van der Waals surface area contributed by atoms with Crippen LogP contribution in [0.25, 0.3) is 0 Å². The van der Waals surface area contributed by atoms with Gasteiger partial charge in [0, 0.05) is 0 Å². The van der Waals surface area contributed by atoms with Gasteiger partial charge in [-0.2, -0.15) is 0 Å². The molecule has 0 amide bonds. The highest BCUT2D eigenvalue weighted by Gasteiger charge is 2.49. The van der Waals surface area contributed by atoms with Crippen molar-refractivity contribution in [2.45, 2.75) is 25.7 Å². The molecule has 1 saturated carbocycles. The van der Waals surface area contributed by atoms with Gasteiger partial charge in [-0.3, -0.25) is 4.79 Å². The second kappa shape index (κ2) is 2.58. The van der Waals surface area contributed by atoms with E-state index in [2.05, 4.69) is 0 Å². The Hall–Kier alpha value is -0.570. The smallest absolute Gasteiger partial charge is 0.309 e. The van der Waals surface area contributed by atoms with Crippen molar-refractivity contribution in [1.29, 1.82) is 0 Å². The predicted molar refractivity (Wildman–Crippen MR) is 37.6 cm³/mol. The average molecular weight is 143 g/mol. The molecule has 1 fully saturated rings. The van der Waals surface area contributed by atoms with Gasteiger partial charge in [0.2, 0.25) is 0 Å². The zero-order valence-electron chi connectivity index (χ0n) is 5.97. The lowest BCUT2D eigenvalue weighted by atomic mass is 10.0. The molecule has 0 aromatic heterocycles. The first-order valence-electron chi connectivity index (χ1n) is 3.65. The van der Waals surface area contributed by atoms with E-state index in [1.54, 1.807) is 0 Å². The molecule has 10 heavy (non-hydrogen) atoms. The minimum absolute atomic E-state index is 0.362. The maximum absolute atomic E-state index is 10.5. The Kier molecular flexibility index (Phi) is 1.94. The summed E-state index contributed by atoms with van der Waals surface area (Å²) in [7, 11) is 0. The molecule has 0 spiro atoms. The molecule has 3 N–H and O–H groups in total. The number of aliphatic carboxylic acids is 1. The molecule has 0 radical (unpaired) electrons. The Morgan fingerprint density at radius 3 is 2.50 bits per heavy atom. The second-order valence-electron chi connectivity index (χ2n) is 2.98. The summed E-state index contributed by atoms with van der Waals surface area (Å²) in [6, 6.07) is 0. The van der Waals surface area contributed by atoms with Crippen LogP contribution in [0.4, 0.5) is 0 Å². The summed E-state index contributed by atoms with van der Waals surface area (Å²) in [5.41, 5.74) is 4.91. The van der Waals surface area contributed by atoms with Crippen molar-refractivity contribution in [3.8, 4) is 0 Å². The highest BCUT2D eigenvalue weighted by Crippen LogP contribution is 2.49. The molecule has 3 heteroatoms. The van der Waals surface area contributed by atoms with E-state index in [-0.39, 0.29) is 5.41 Å². The van der Waals surface area contributed by atoms with Crippen LogP contribution in [0.2, 0.25) is 0 Å². The van der Waals surface area contributed by atoms with Gasteiger partial charge in [0.15, 0.2) is 0 Å². The third-order valence-corrected chi connectivity index (χ3v) is 2.17. The van der Waals surface area contributed by atoms with Gasteiger partial charge in [0.05, 0.1) is 5.41 Å². The van der Waals surface area contributed by atoms with E-state index in [1.807, 2.05) is 0 Å². The highest BCUT2D eigenvalue weighted by atomic mass is 16.4. The van der Waals surface area contributed by atoms with E-state index in [4.69, 9.17) is 10.8 Å². The lowest BCUT2D eigenvalue weighted by Crippen LogP contribution is -2.16. The number of carboxylic acid groups (broad SMARTS) is 1. The average Bonchev–Trinajstić information content (AvgIpc) is 2.64. The van der Waals surface area contributed by atoms with Crippen LogP contribution in [0.5, 0.6) is 0 Å².